The number of aryl methyl sites for hydroxylation is 1. The van der Waals surface area contributed by atoms with Crippen LogP contribution in [0.3, 0.4) is 0 Å². The Morgan fingerprint density at radius 3 is 2.82 bits per heavy atom. The molecule has 0 bridgehead atoms. The van der Waals surface area contributed by atoms with E-state index in [4.69, 9.17) is 4.74 Å². The van der Waals surface area contributed by atoms with Crippen molar-refractivity contribution in [3.8, 4) is 5.75 Å². The number of hydrogen-bond acceptors (Lipinski definition) is 4. The van der Waals surface area contributed by atoms with Crippen molar-refractivity contribution in [2.24, 2.45) is 7.05 Å². The lowest BCUT2D eigenvalue weighted by atomic mass is 10.1. The summed E-state index contributed by atoms with van der Waals surface area (Å²) in [6.45, 7) is 2.42. The van der Waals surface area contributed by atoms with Crippen molar-refractivity contribution in [1.29, 1.82) is 0 Å². The van der Waals surface area contributed by atoms with Crippen molar-refractivity contribution in [3.63, 3.8) is 0 Å². The second kappa shape index (κ2) is 8.16. The van der Waals surface area contributed by atoms with Gasteiger partial charge in [0.15, 0.2) is 5.69 Å². The van der Waals surface area contributed by atoms with Gasteiger partial charge in [-0.05, 0) is 43.7 Å². The van der Waals surface area contributed by atoms with E-state index in [-0.39, 0.29) is 17.9 Å². The Morgan fingerprint density at radius 1 is 1.36 bits per heavy atom. The fourth-order valence-corrected chi connectivity index (χ4v) is 3.03. The smallest absolute Gasteiger partial charge is 0.274 e. The number of aromatic amines is 1. The fourth-order valence-electron chi connectivity index (χ4n) is 3.03. The molecule has 2 heterocycles. The van der Waals surface area contributed by atoms with Crippen LogP contribution in [0.25, 0.3) is 10.9 Å². The lowest BCUT2D eigenvalue weighted by Crippen LogP contribution is -2.38. The molecule has 3 rings (SSSR count). The van der Waals surface area contributed by atoms with Crippen molar-refractivity contribution < 1.29 is 14.3 Å². The van der Waals surface area contributed by atoms with Crippen molar-refractivity contribution in [2.75, 3.05) is 20.7 Å². The average molecular weight is 383 g/mol. The predicted molar refractivity (Wildman–Crippen MR) is 107 cm³/mol. The Bertz CT molecular complexity index is 991. The zero-order valence-electron chi connectivity index (χ0n) is 16.5. The van der Waals surface area contributed by atoms with Gasteiger partial charge in [0, 0.05) is 38.3 Å². The highest BCUT2D eigenvalue weighted by Gasteiger charge is 2.22. The van der Waals surface area contributed by atoms with E-state index in [0.717, 1.165) is 10.9 Å². The maximum absolute atomic E-state index is 12.9. The molecule has 3 aromatic rings. The van der Waals surface area contributed by atoms with Crippen LogP contribution in [0.4, 0.5) is 0 Å². The largest absolute Gasteiger partial charge is 0.497 e. The fraction of sp³-hybridized carbons (Fsp3) is 0.350. The van der Waals surface area contributed by atoms with Gasteiger partial charge in [0.05, 0.1) is 12.6 Å². The SMILES string of the molecule is COc1ccc2[nH]nc(C(=O)N(C)C(C)CCNC(=O)c3cccn3C)c2c1. The summed E-state index contributed by atoms with van der Waals surface area (Å²) < 4.78 is 7.01. The quantitative estimate of drug-likeness (QED) is 0.654. The topological polar surface area (TPSA) is 92.2 Å². The monoisotopic (exact) mass is 383 g/mol. The van der Waals surface area contributed by atoms with Gasteiger partial charge in [0.25, 0.3) is 11.8 Å². The molecule has 8 nitrogen and oxygen atoms in total. The van der Waals surface area contributed by atoms with Crippen LogP contribution in [0, 0.1) is 0 Å². The number of carbonyl (C=O) groups is 2. The number of nitrogens with one attached hydrogen (secondary N) is 2. The molecule has 2 aromatic heterocycles. The number of fused-ring (bicyclic) bond motifs is 1. The van der Waals surface area contributed by atoms with Crippen LogP contribution in [0.5, 0.6) is 5.75 Å². The first-order valence-corrected chi connectivity index (χ1v) is 9.11. The van der Waals surface area contributed by atoms with Crippen molar-refractivity contribution in [2.45, 2.75) is 19.4 Å². The maximum Gasteiger partial charge on any atom is 0.274 e. The van der Waals surface area contributed by atoms with Crippen LogP contribution < -0.4 is 10.1 Å². The number of amides is 2. The summed E-state index contributed by atoms with van der Waals surface area (Å²) in [5, 5.41) is 10.7. The molecule has 0 saturated heterocycles. The number of ether oxygens (including phenoxy) is 1. The summed E-state index contributed by atoms with van der Waals surface area (Å²) in [5.41, 5.74) is 1.74. The van der Waals surface area contributed by atoms with Crippen LogP contribution >= 0.6 is 0 Å². The van der Waals surface area contributed by atoms with Crippen LogP contribution in [0.1, 0.15) is 34.3 Å². The third-order valence-corrected chi connectivity index (χ3v) is 4.98. The highest BCUT2D eigenvalue weighted by Crippen LogP contribution is 2.23. The molecule has 0 radical (unpaired) electrons. The second-order valence-electron chi connectivity index (χ2n) is 6.80. The number of nitrogens with zero attached hydrogens (tertiary/aromatic N) is 3. The minimum atomic E-state index is -0.180. The summed E-state index contributed by atoms with van der Waals surface area (Å²) in [5.74, 6) is 0.363. The molecule has 0 saturated carbocycles. The van der Waals surface area contributed by atoms with E-state index < -0.39 is 0 Å². The van der Waals surface area contributed by atoms with Crippen LogP contribution in [0.2, 0.25) is 0 Å². The Labute approximate surface area is 163 Å². The minimum Gasteiger partial charge on any atom is -0.497 e. The van der Waals surface area contributed by atoms with Crippen LogP contribution in [0.15, 0.2) is 36.5 Å². The molecule has 0 aliphatic heterocycles. The Morgan fingerprint density at radius 2 is 2.14 bits per heavy atom. The summed E-state index contributed by atoms with van der Waals surface area (Å²) in [6.07, 6.45) is 2.46. The number of H-pyrrole nitrogens is 1. The number of rotatable bonds is 7. The van der Waals surface area contributed by atoms with Gasteiger partial charge in [-0.2, -0.15) is 5.10 Å². The zero-order chi connectivity index (χ0) is 20.3. The molecule has 28 heavy (non-hydrogen) atoms. The predicted octanol–water partition coefficient (Wildman–Crippen LogP) is 2.19. The highest BCUT2D eigenvalue weighted by molar-refractivity contribution is 6.05. The minimum absolute atomic E-state index is 0.0708. The number of benzene rings is 1. The average Bonchev–Trinajstić information content (AvgIpc) is 3.31. The van der Waals surface area contributed by atoms with E-state index >= 15 is 0 Å². The second-order valence-corrected chi connectivity index (χ2v) is 6.80. The maximum atomic E-state index is 12.9. The Hall–Kier alpha value is -3.29. The van der Waals surface area contributed by atoms with E-state index in [1.54, 1.807) is 35.8 Å². The number of aromatic nitrogens is 3. The molecule has 2 amide bonds. The first-order valence-electron chi connectivity index (χ1n) is 9.11. The summed E-state index contributed by atoms with van der Waals surface area (Å²) in [6, 6.07) is 8.97. The van der Waals surface area contributed by atoms with Gasteiger partial charge < -0.3 is 19.5 Å². The van der Waals surface area contributed by atoms with E-state index in [2.05, 4.69) is 15.5 Å². The summed E-state index contributed by atoms with van der Waals surface area (Å²) in [7, 11) is 5.15. The standard InChI is InChI=1S/C20H25N5O3/c1-13(9-10-21-19(26)17-6-5-11-24(17)2)25(3)20(27)18-15-12-14(28-4)7-8-16(15)22-23-18/h5-8,11-13H,9-10H2,1-4H3,(H,21,26)(H,22,23). The Kier molecular flexibility index (Phi) is 5.67. The van der Waals surface area contributed by atoms with Gasteiger partial charge in [0.2, 0.25) is 0 Å². The molecule has 0 fully saturated rings. The lowest BCUT2D eigenvalue weighted by molar-refractivity contribution is 0.0732. The van der Waals surface area contributed by atoms with E-state index in [9.17, 15) is 9.59 Å². The summed E-state index contributed by atoms with van der Waals surface area (Å²) in [4.78, 5) is 26.7. The molecule has 1 aromatic carbocycles. The van der Waals surface area contributed by atoms with E-state index in [1.165, 1.54) is 0 Å². The molecule has 0 aliphatic rings. The van der Waals surface area contributed by atoms with Crippen molar-refractivity contribution >= 4 is 22.7 Å². The summed E-state index contributed by atoms with van der Waals surface area (Å²) >= 11 is 0. The number of hydrogen-bond donors (Lipinski definition) is 2. The molecule has 0 aliphatic carbocycles. The third kappa shape index (κ3) is 3.85. The van der Waals surface area contributed by atoms with Gasteiger partial charge in [-0.15, -0.1) is 0 Å². The zero-order valence-corrected chi connectivity index (χ0v) is 16.5. The van der Waals surface area contributed by atoms with Crippen molar-refractivity contribution in [3.05, 3.63) is 47.9 Å². The molecule has 2 N–H and O–H groups in total. The highest BCUT2D eigenvalue weighted by atomic mass is 16.5. The van der Waals surface area contributed by atoms with E-state index in [1.807, 2.05) is 38.4 Å². The number of carbonyl (C=O) groups excluding carboxylic acids is 2. The first-order chi connectivity index (χ1) is 13.4. The van der Waals surface area contributed by atoms with Gasteiger partial charge in [-0.3, -0.25) is 14.7 Å². The molecule has 148 valence electrons. The molecule has 1 unspecified atom stereocenters. The van der Waals surface area contributed by atoms with Crippen LogP contribution in [-0.2, 0) is 7.05 Å². The van der Waals surface area contributed by atoms with Gasteiger partial charge in [-0.25, -0.2) is 0 Å². The van der Waals surface area contributed by atoms with Crippen LogP contribution in [-0.4, -0.2) is 58.2 Å². The molecular formula is C20H25N5O3. The van der Waals surface area contributed by atoms with E-state index in [0.29, 0.717) is 30.1 Å². The molecule has 1 atom stereocenters. The van der Waals surface area contributed by atoms with Gasteiger partial charge in [-0.1, -0.05) is 0 Å². The molecular weight excluding hydrogens is 358 g/mol. The van der Waals surface area contributed by atoms with Crippen molar-refractivity contribution in [1.82, 2.24) is 25.0 Å². The Balaban J connectivity index is 1.61. The lowest BCUT2D eigenvalue weighted by Gasteiger charge is -2.24. The third-order valence-electron chi connectivity index (χ3n) is 4.98. The van der Waals surface area contributed by atoms with Gasteiger partial charge in [0.1, 0.15) is 11.4 Å². The molecule has 0 spiro atoms. The normalized spacial score (nSPS) is 12.0. The molecule has 8 heteroatoms. The number of methoxy groups -OCH3 is 1. The van der Waals surface area contributed by atoms with Gasteiger partial charge >= 0.3 is 0 Å². The first kappa shape index (κ1) is 19.5.